The molecule has 2 rings (SSSR count). The van der Waals surface area contributed by atoms with E-state index in [0.29, 0.717) is 30.7 Å². The van der Waals surface area contributed by atoms with Crippen LogP contribution in [0.3, 0.4) is 0 Å². The van der Waals surface area contributed by atoms with Crippen molar-refractivity contribution in [1.82, 2.24) is 20.4 Å². The lowest BCUT2D eigenvalue weighted by molar-refractivity contribution is -0.122. The fraction of sp³-hybridized carbons (Fsp3) is 0.750. The van der Waals surface area contributed by atoms with Gasteiger partial charge >= 0.3 is 0 Å². The van der Waals surface area contributed by atoms with E-state index in [1.807, 2.05) is 16.9 Å². The standard InChI is InChI=1S/C16H28N4O.ClH/c1-13(12-20-8-4-7-19-20)10-18-16(21)9-14(2)15-5-3-6-17-11-15;/h4,7-8,13-15,17H,3,5-6,9-12H2,1-2H3,(H,18,21);1H. The van der Waals surface area contributed by atoms with Crippen molar-refractivity contribution in [3.8, 4) is 0 Å². The molecule has 5 nitrogen and oxygen atoms in total. The van der Waals surface area contributed by atoms with E-state index in [-0.39, 0.29) is 18.3 Å². The molecule has 3 atom stereocenters. The number of nitrogens with one attached hydrogen (secondary N) is 2. The van der Waals surface area contributed by atoms with Gasteiger partial charge in [-0.25, -0.2) is 0 Å². The summed E-state index contributed by atoms with van der Waals surface area (Å²) in [7, 11) is 0. The third-order valence-electron chi connectivity index (χ3n) is 4.35. The molecule has 1 aromatic heterocycles. The zero-order valence-electron chi connectivity index (χ0n) is 13.6. The minimum atomic E-state index is 0. The molecule has 2 N–H and O–H groups in total. The normalized spacial score (nSPS) is 20.7. The number of rotatable bonds is 7. The largest absolute Gasteiger partial charge is 0.356 e. The molecule has 0 spiro atoms. The first-order valence-electron chi connectivity index (χ1n) is 8.10. The first-order chi connectivity index (χ1) is 10.1. The van der Waals surface area contributed by atoms with Gasteiger partial charge < -0.3 is 10.6 Å². The molecule has 1 saturated heterocycles. The Morgan fingerprint density at radius 3 is 2.95 bits per heavy atom. The third-order valence-corrected chi connectivity index (χ3v) is 4.35. The number of piperidine rings is 1. The lowest BCUT2D eigenvalue weighted by Gasteiger charge is -2.28. The summed E-state index contributed by atoms with van der Waals surface area (Å²) in [6.45, 7) is 8.08. The van der Waals surface area contributed by atoms with Crippen LogP contribution >= 0.6 is 12.4 Å². The first-order valence-corrected chi connectivity index (χ1v) is 8.10. The summed E-state index contributed by atoms with van der Waals surface area (Å²) in [5.41, 5.74) is 0. The van der Waals surface area contributed by atoms with Gasteiger partial charge in [0.25, 0.3) is 0 Å². The highest BCUT2D eigenvalue weighted by Crippen LogP contribution is 2.22. The van der Waals surface area contributed by atoms with E-state index in [0.717, 1.165) is 19.6 Å². The molecule has 0 aromatic carbocycles. The fourth-order valence-corrected chi connectivity index (χ4v) is 2.98. The quantitative estimate of drug-likeness (QED) is 0.805. The van der Waals surface area contributed by atoms with Crippen LogP contribution in [0.5, 0.6) is 0 Å². The average molecular weight is 329 g/mol. The Kier molecular flexibility index (Phi) is 8.49. The number of halogens is 1. The highest BCUT2D eigenvalue weighted by molar-refractivity contribution is 5.85. The molecule has 1 amide bonds. The van der Waals surface area contributed by atoms with Crippen molar-refractivity contribution in [2.45, 2.75) is 39.7 Å². The second-order valence-electron chi connectivity index (χ2n) is 6.43. The summed E-state index contributed by atoms with van der Waals surface area (Å²) in [5.74, 6) is 1.67. The molecular weight excluding hydrogens is 300 g/mol. The van der Waals surface area contributed by atoms with Gasteiger partial charge in [0.1, 0.15) is 0 Å². The Morgan fingerprint density at radius 1 is 1.50 bits per heavy atom. The topological polar surface area (TPSA) is 59.0 Å². The van der Waals surface area contributed by atoms with E-state index in [2.05, 4.69) is 29.6 Å². The molecule has 126 valence electrons. The minimum absolute atomic E-state index is 0. The first kappa shape index (κ1) is 19.0. The van der Waals surface area contributed by atoms with E-state index < -0.39 is 0 Å². The molecule has 1 fully saturated rings. The molecule has 1 aliphatic rings. The van der Waals surface area contributed by atoms with Crippen LogP contribution in [0.15, 0.2) is 18.5 Å². The summed E-state index contributed by atoms with van der Waals surface area (Å²) in [6, 6.07) is 1.92. The molecular formula is C16H29ClN4O. The zero-order valence-corrected chi connectivity index (χ0v) is 14.4. The van der Waals surface area contributed by atoms with Gasteiger partial charge in [-0.3, -0.25) is 9.48 Å². The smallest absolute Gasteiger partial charge is 0.220 e. The van der Waals surface area contributed by atoms with Gasteiger partial charge in [0.15, 0.2) is 0 Å². The minimum Gasteiger partial charge on any atom is -0.356 e. The van der Waals surface area contributed by atoms with E-state index >= 15 is 0 Å². The van der Waals surface area contributed by atoms with Crippen molar-refractivity contribution in [2.75, 3.05) is 19.6 Å². The van der Waals surface area contributed by atoms with Crippen LogP contribution < -0.4 is 10.6 Å². The number of carbonyl (C=O) groups is 1. The molecule has 0 saturated carbocycles. The monoisotopic (exact) mass is 328 g/mol. The highest BCUT2D eigenvalue weighted by atomic mass is 35.5. The zero-order chi connectivity index (χ0) is 15.1. The lowest BCUT2D eigenvalue weighted by Crippen LogP contribution is -2.36. The summed E-state index contributed by atoms with van der Waals surface area (Å²) in [4.78, 5) is 12.0. The van der Waals surface area contributed by atoms with Crippen LogP contribution in [0.1, 0.15) is 33.1 Å². The number of carbonyl (C=O) groups excluding carboxylic acids is 1. The van der Waals surface area contributed by atoms with E-state index in [1.165, 1.54) is 12.8 Å². The number of amides is 1. The maximum absolute atomic E-state index is 12.0. The summed E-state index contributed by atoms with van der Waals surface area (Å²) >= 11 is 0. The van der Waals surface area contributed by atoms with E-state index in [4.69, 9.17) is 0 Å². The van der Waals surface area contributed by atoms with Crippen LogP contribution in [0.4, 0.5) is 0 Å². The van der Waals surface area contributed by atoms with Crippen molar-refractivity contribution in [3.05, 3.63) is 18.5 Å². The Hall–Kier alpha value is -1.07. The summed E-state index contributed by atoms with van der Waals surface area (Å²) < 4.78 is 1.91. The maximum atomic E-state index is 12.0. The highest BCUT2D eigenvalue weighted by Gasteiger charge is 2.22. The predicted molar refractivity (Wildman–Crippen MR) is 91.0 cm³/mol. The van der Waals surface area contributed by atoms with Gasteiger partial charge in [-0.2, -0.15) is 5.10 Å². The molecule has 3 unspecified atom stereocenters. The number of nitrogens with zero attached hydrogens (tertiary/aromatic N) is 2. The van der Waals surface area contributed by atoms with Crippen molar-refractivity contribution in [1.29, 1.82) is 0 Å². The van der Waals surface area contributed by atoms with Gasteiger partial charge in [0, 0.05) is 31.9 Å². The van der Waals surface area contributed by atoms with Crippen molar-refractivity contribution < 1.29 is 4.79 Å². The average Bonchev–Trinajstić information content (AvgIpc) is 2.99. The van der Waals surface area contributed by atoms with Crippen molar-refractivity contribution in [3.63, 3.8) is 0 Å². The van der Waals surface area contributed by atoms with Gasteiger partial charge in [-0.05, 0) is 49.8 Å². The van der Waals surface area contributed by atoms with E-state index in [1.54, 1.807) is 6.20 Å². The van der Waals surface area contributed by atoms with Crippen LogP contribution in [0.2, 0.25) is 0 Å². The van der Waals surface area contributed by atoms with Gasteiger partial charge in [0.05, 0.1) is 0 Å². The summed E-state index contributed by atoms with van der Waals surface area (Å²) in [5, 5.41) is 10.7. The Balaban J connectivity index is 0.00000242. The van der Waals surface area contributed by atoms with Crippen LogP contribution in [0.25, 0.3) is 0 Å². The Labute approximate surface area is 139 Å². The van der Waals surface area contributed by atoms with Crippen molar-refractivity contribution >= 4 is 18.3 Å². The maximum Gasteiger partial charge on any atom is 0.220 e. The number of hydrogen-bond acceptors (Lipinski definition) is 3. The van der Waals surface area contributed by atoms with E-state index in [9.17, 15) is 4.79 Å². The number of hydrogen-bond donors (Lipinski definition) is 2. The molecule has 0 bridgehead atoms. The molecule has 2 heterocycles. The predicted octanol–water partition coefficient (Wildman–Crippen LogP) is 2.08. The second-order valence-corrected chi connectivity index (χ2v) is 6.43. The van der Waals surface area contributed by atoms with Crippen molar-refractivity contribution in [2.24, 2.45) is 17.8 Å². The van der Waals surface area contributed by atoms with Crippen LogP contribution in [-0.4, -0.2) is 35.3 Å². The fourth-order valence-electron chi connectivity index (χ4n) is 2.98. The second kappa shape index (κ2) is 9.85. The van der Waals surface area contributed by atoms with Gasteiger partial charge in [0.2, 0.25) is 5.91 Å². The molecule has 1 aliphatic heterocycles. The molecule has 0 aliphatic carbocycles. The Morgan fingerprint density at radius 2 is 2.32 bits per heavy atom. The third kappa shape index (κ3) is 6.36. The van der Waals surface area contributed by atoms with Gasteiger partial charge in [-0.1, -0.05) is 13.8 Å². The summed E-state index contributed by atoms with van der Waals surface area (Å²) in [6.07, 6.45) is 6.86. The van der Waals surface area contributed by atoms with Gasteiger partial charge in [-0.15, -0.1) is 12.4 Å². The lowest BCUT2D eigenvalue weighted by atomic mass is 9.85. The SMILES string of the molecule is CC(CNC(=O)CC(C)C1CCCNC1)Cn1cccn1.Cl. The molecule has 0 radical (unpaired) electrons. The molecule has 22 heavy (non-hydrogen) atoms. The number of aromatic nitrogens is 2. The molecule has 1 aromatic rings. The van der Waals surface area contributed by atoms with Crippen LogP contribution in [0, 0.1) is 17.8 Å². The molecule has 6 heteroatoms. The van der Waals surface area contributed by atoms with Crippen LogP contribution in [-0.2, 0) is 11.3 Å². The Bertz CT molecular complexity index is 418.